The van der Waals surface area contributed by atoms with Crippen LogP contribution in [-0.2, 0) is 27.3 Å². The molecule has 0 saturated heterocycles. The van der Waals surface area contributed by atoms with Crippen molar-refractivity contribution in [1.29, 1.82) is 0 Å². The molecule has 3 aromatic carbocycles. The van der Waals surface area contributed by atoms with Crippen LogP contribution in [0, 0.1) is 17.8 Å². The van der Waals surface area contributed by atoms with E-state index in [1.54, 1.807) is 85.8 Å². The maximum absolute atomic E-state index is 15.8. The largest absolute Gasteiger partial charge is 0.383 e. The van der Waals surface area contributed by atoms with Crippen LogP contribution >= 0.6 is 22.1 Å². The molecule has 0 unspecified atom stereocenters. The van der Waals surface area contributed by atoms with E-state index in [4.69, 9.17) is 13.6 Å². The number of aliphatic hydroxyl groups excluding tert-OH is 1. The number of benzene rings is 3. The lowest BCUT2D eigenvalue weighted by molar-refractivity contribution is 0.156. The van der Waals surface area contributed by atoms with Gasteiger partial charge in [-0.05, 0) is 80.3 Å². The van der Waals surface area contributed by atoms with Crippen LogP contribution in [0.3, 0.4) is 0 Å². The lowest BCUT2D eigenvalue weighted by Crippen LogP contribution is -2.32. The Balaban J connectivity index is 2.27. The number of hydrogen-bond donors (Lipinski definition) is 1. The number of hydrogen-bond acceptors (Lipinski definition) is 7. The van der Waals surface area contributed by atoms with Gasteiger partial charge < -0.3 is 18.7 Å². The molecule has 0 radical (unpaired) electrons. The molecule has 6 atom stereocenters. The molecule has 248 valence electrons. The molecule has 0 aliphatic carbocycles. The highest BCUT2D eigenvalue weighted by Gasteiger charge is 2.50. The van der Waals surface area contributed by atoms with Crippen LogP contribution in [-0.4, -0.2) is 29.2 Å². The van der Waals surface area contributed by atoms with Gasteiger partial charge in [0.1, 0.15) is 17.5 Å². The summed E-state index contributed by atoms with van der Waals surface area (Å²) in [5, 5.41) is 12.7. The van der Waals surface area contributed by atoms with Gasteiger partial charge in [-0.2, -0.15) is 0 Å². The highest BCUT2D eigenvalue weighted by atomic mass is 31.2. The molecular formula is C35H51O7P3. The second-order valence-electron chi connectivity index (χ2n) is 12.7. The molecule has 0 fully saturated rings. The van der Waals surface area contributed by atoms with Gasteiger partial charge in [0.05, 0.1) is 6.61 Å². The van der Waals surface area contributed by atoms with Crippen molar-refractivity contribution in [1.82, 2.24) is 0 Å². The lowest BCUT2D eigenvalue weighted by Gasteiger charge is -2.37. The predicted octanol–water partition coefficient (Wildman–Crippen LogP) is 8.98. The van der Waals surface area contributed by atoms with Crippen molar-refractivity contribution in [3.63, 3.8) is 0 Å². The normalized spacial score (nSPS) is 18.2. The molecular weight excluding hydrogens is 625 g/mol. The van der Waals surface area contributed by atoms with Gasteiger partial charge in [0, 0.05) is 15.9 Å². The first-order chi connectivity index (χ1) is 21.3. The Morgan fingerprint density at radius 2 is 0.867 bits per heavy atom. The highest BCUT2D eigenvalue weighted by Crippen LogP contribution is 2.66. The van der Waals surface area contributed by atoms with Crippen molar-refractivity contribution in [2.75, 3.05) is 6.61 Å². The van der Waals surface area contributed by atoms with Crippen LogP contribution in [0.4, 0.5) is 0 Å². The van der Waals surface area contributed by atoms with Gasteiger partial charge in [-0.25, -0.2) is 0 Å². The van der Waals surface area contributed by atoms with Gasteiger partial charge in [0.15, 0.2) is 0 Å². The SMILES string of the molecule is CCO[P@](=O)(c1ccccc1)[C@H](CC(C)C)O[P@@](=O)(c1ccccc1)[C@@H](CC(C)C)O[P@@](=O)(c1ccccc1)[C@@H](O)CC(C)C. The minimum absolute atomic E-state index is 0.0180. The summed E-state index contributed by atoms with van der Waals surface area (Å²) in [6.45, 7) is 13.7. The summed E-state index contributed by atoms with van der Waals surface area (Å²) in [7, 11) is -11.9. The predicted molar refractivity (Wildman–Crippen MR) is 187 cm³/mol. The average Bonchev–Trinajstić information content (AvgIpc) is 3.01. The molecule has 1 N–H and O–H groups in total. The summed E-state index contributed by atoms with van der Waals surface area (Å²) in [4.78, 5) is 0. The van der Waals surface area contributed by atoms with Gasteiger partial charge in [-0.1, -0.05) is 96.1 Å². The number of rotatable bonds is 18. The van der Waals surface area contributed by atoms with Crippen molar-refractivity contribution in [2.45, 2.75) is 85.3 Å². The van der Waals surface area contributed by atoms with Crippen LogP contribution < -0.4 is 15.9 Å². The minimum Gasteiger partial charge on any atom is -0.383 e. The molecule has 0 aliphatic heterocycles. The highest BCUT2D eigenvalue weighted by molar-refractivity contribution is 7.72. The average molecular weight is 677 g/mol. The van der Waals surface area contributed by atoms with Crippen molar-refractivity contribution >= 4 is 38.0 Å². The van der Waals surface area contributed by atoms with E-state index < -0.39 is 39.6 Å². The summed E-state index contributed by atoms with van der Waals surface area (Å²) in [6, 6.07) is 26.3. The summed E-state index contributed by atoms with van der Waals surface area (Å²) < 4.78 is 65.1. The van der Waals surface area contributed by atoms with Crippen molar-refractivity contribution in [2.24, 2.45) is 17.8 Å². The topological polar surface area (TPSA) is 99.1 Å². The second kappa shape index (κ2) is 16.8. The molecule has 0 aliphatic rings. The van der Waals surface area contributed by atoms with Crippen LogP contribution in [0.25, 0.3) is 0 Å². The Morgan fingerprint density at radius 1 is 0.533 bits per heavy atom. The van der Waals surface area contributed by atoms with Crippen LogP contribution in [0.2, 0.25) is 0 Å². The maximum atomic E-state index is 15.8. The zero-order chi connectivity index (χ0) is 33.3. The molecule has 45 heavy (non-hydrogen) atoms. The Labute approximate surface area is 270 Å². The van der Waals surface area contributed by atoms with E-state index in [2.05, 4.69) is 0 Å². The van der Waals surface area contributed by atoms with E-state index in [-0.39, 0.29) is 37.2 Å². The van der Waals surface area contributed by atoms with Crippen molar-refractivity contribution in [3.05, 3.63) is 91.0 Å². The third-order valence-corrected chi connectivity index (χ3v) is 15.7. The smallest absolute Gasteiger partial charge is 0.261 e. The van der Waals surface area contributed by atoms with Gasteiger partial charge in [0.25, 0.3) is 22.1 Å². The molecule has 0 amide bonds. The lowest BCUT2D eigenvalue weighted by atomic mass is 10.1. The second-order valence-corrected chi connectivity index (χ2v) is 20.3. The fraction of sp³-hybridized carbons (Fsp3) is 0.486. The van der Waals surface area contributed by atoms with Gasteiger partial charge in [-0.15, -0.1) is 0 Å². The molecule has 7 nitrogen and oxygen atoms in total. The molecule has 0 bridgehead atoms. The zero-order valence-corrected chi connectivity index (χ0v) is 30.4. The van der Waals surface area contributed by atoms with Gasteiger partial charge in [-0.3, -0.25) is 13.7 Å². The fourth-order valence-electron chi connectivity index (χ4n) is 5.24. The summed E-state index contributed by atoms with van der Waals surface area (Å²) in [6.07, 6.45) is 0.736. The van der Waals surface area contributed by atoms with E-state index in [1.165, 1.54) is 0 Å². The first kappa shape index (κ1) is 37.6. The van der Waals surface area contributed by atoms with Gasteiger partial charge >= 0.3 is 0 Å². The summed E-state index contributed by atoms with van der Waals surface area (Å²) in [5.41, 5.74) is 0. The molecule has 0 saturated carbocycles. The molecule has 0 heterocycles. The summed E-state index contributed by atoms with van der Waals surface area (Å²) >= 11 is 0. The van der Waals surface area contributed by atoms with E-state index in [0.717, 1.165) is 0 Å². The first-order valence-electron chi connectivity index (χ1n) is 15.9. The third-order valence-electron chi connectivity index (χ3n) is 7.40. The Bertz CT molecular complexity index is 1450. The Kier molecular flexibility index (Phi) is 14.1. The van der Waals surface area contributed by atoms with Crippen molar-refractivity contribution < 1.29 is 32.4 Å². The third kappa shape index (κ3) is 9.61. The van der Waals surface area contributed by atoms with Crippen LogP contribution in [0.1, 0.15) is 67.7 Å². The zero-order valence-electron chi connectivity index (χ0n) is 27.7. The Hall–Kier alpha value is -1.81. The summed E-state index contributed by atoms with van der Waals surface area (Å²) in [5.74, 6) is -3.62. The Morgan fingerprint density at radius 3 is 1.24 bits per heavy atom. The molecule has 0 spiro atoms. The van der Waals surface area contributed by atoms with E-state index in [1.807, 2.05) is 53.7 Å². The minimum atomic E-state index is -4.14. The van der Waals surface area contributed by atoms with Crippen LogP contribution in [0.15, 0.2) is 91.0 Å². The van der Waals surface area contributed by atoms with E-state index in [0.29, 0.717) is 22.3 Å². The quantitative estimate of drug-likeness (QED) is 0.134. The van der Waals surface area contributed by atoms with Crippen molar-refractivity contribution in [3.8, 4) is 0 Å². The molecule has 10 heteroatoms. The fourth-order valence-corrected chi connectivity index (χ4v) is 14.1. The first-order valence-corrected chi connectivity index (χ1v) is 21.0. The number of aliphatic hydroxyl groups is 1. The van der Waals surface area contributed by atoms with Gasteiger partial charge in [0.2, 0.25) is 0 Å². The maximum Gasteiger partial charge on any atom is 0.261 e. The van der Waals surface area contributed by atoms with Crippen LogP contribution in [0.5, 0.6) is 0 Å². The van der Waals surface area contributed by atoms with E-state index in [9.17, 15) is 14.2 Å². The standard InChI is InChI=1S/C35H51O7P3/c1-8-40-44(38,31-20-14-10-15-21-31)34(25-28(4)5)42-45(39,32-22-16-11-17-23-32)35(26-29(6)7)41-43(37,33(36)24-27(2)3)30-18-12-9-13-19-30/h9-23,27-29,33-36H,8,24-26H2,1-7H3/t33-,34-,35+,43+,44-,45+/m1/s1. The monoisotopic (exact) mass is 676 g/mol. The van der Waals surface area contributed by atoms with E-state index >= 15 is 4.57 Å². The molecule has 3 rings (SSSR count). The molecule has 0 aromatic heterocycles. The molecule has 3 aromatic rings.